The van der Waals surface area contributed by atoms with Crippen LogP contribution in [0.15, 0.2) is 0 Å². The zero-order valence-electron chi connectivity index (χ0n) is 13.9. The Bertz CT molecular complexity index is 509. The van der Waals surface area contributed by atoms with Gasteiger partial charge in [0, 0.05) is 38.6 Å². The minimum Gasteiger partial charge on any atom is -0.339 e. The first-order valence-corrected chi connectivity index (χ1v) is 10.5. The molecule has 0 aromatic rings. The van der Waals surface area contributed by atoms with Crippen LogP contribution in [0.25, 0.3) is 0 Å². The average molecular weight is 343 g/mol. The molecule has 3 aliphatic rings. The van der Waals surface area contributed by atoms with Crippen LogP contribution in [0.1, 0.15) is 57.8 Å². The first-order valence-electron chi connectivity index (χ1n) is 9.10. The number of amides is 1. The van der Waals surface area contributed by atoms with Crippen molar-refractivity contribution in [3.05, 3.63) is 0 Å². The Morgan fingerprint density at radius 2 is 1.65 bits per heavy atom. The Hall–Kier alpha value is -0.660. The van der Waals surface area contributed by atoms with E-state index in [0.29, 0.717) is 38.6 Å². The molecule has 132 valence electrons. The fourth-order valence-corrected chi connectivity index (χ4v) is 5.48. The van der Waals surface area contributed by atoms with Gasteiger partial charge in [-0.3, -0.25) is 4.79 Å². The molecule has 1 N–H and O–H groups in total. The molecule has 0 radical (unpaired) electrons. The highest BCUT2D eigenvalue weighted by atomic mass is 32.2. The van der Waals surface area contributed by atoms with E-state index in [4.69, 9.17) is 0 Å². The standard InChI is InChI=1S/C16H29N3O3S/c20-16-11-14(13-19(16)15-7-3-4-8-15)12-17-23(21,22)18-9-5-1-2-6-10-18/h14-15,17H,1-13H2/t14-/m1/s1. The van der Waals surface area contributed by atoms with Crippen LogP contribution in [-0.4, -0.2) is 55.8 Å². The predicted molar refractivity (Wildman–Crippen MR) is 89.0 cm³/mol. The zero-order valence-corrected chi connectivity index (χ0v) is 14.7. The van der Waals surface area contributed by atoms with E-state index in [-0.39, 0.29) is 11.8 Å². The molecule has 0 unspecified atom stereocenters. The molecule has 1 saturated carbocycles. The van der Waals surface area contributed by atoms with Crippen molar-refractivity contribution >= 4 is 16.1 Å². The van der Waals surface area contributed by atoms with Gasteiger partial charge in [-0.2, -0.15) is 12.7 Å². The van der Waals surface area contributed by atoms with E-state index in [1.165, 1.54) is 12.8 Å². The number of nitrogens with one attached hydrogen (secondary N) is 1. The number of nitrogens with zero attached hydrogens (tertiary/aromatic N) is 2. The number of carbonyl (C=O) groups is 1. The number of hydrogen-bond donors (Lipinski definition) is 1. The molecule has 23 heavy (non-hydrogen) atoms. The third-order valence-corrected chi connectivity index (χ3v) is 7.04. The van der Waals surface area contributed by atoms with Crippen LogP contribution >= 0.6 is 0 Å². The maximum Gasteiger partial charge on any atom is 0.279 e. The summed E-state index contributed by atoms with van der Waals surface area (Å²) in [5.74, 6) is 0.320. The number of likely N-dealkylation sites (tertiary alicyclic amines) is 1. The first kappa shape index (κ1) is 17.2. The third-order valence-electron chi connectivity index (χ3n) is 5.46. The van der Waals surface area contributed by atoms with Gasteiger partial charge in [0.2, 0.25) is 5.91 Å². The van der Waals surface area contributed by atoms with Crippen LogP contribution in [0, 0.1) is 5.92 Å². The van der Waals surface area contributed by atoms with Gasteiger partial charge in [0.1, 0.15) is 0 Å². The van der Waals surface area contributed by atoms with E-state index in [0.717, 1.165) is 38.5 Å². The van der Waals surface area contributed by atoms with E-state index >= 15 is 0 Å². The molecule has 6 nitrogen and oxygen atoms in total. The van der Waals surface area contributed by atoms with E-state index < -0.39 is 10.2 Å². The smallest absolute Gasteiger partial charge is 0.279 e. The van der Waals surface area contributed by atoms with E-state index in [1.54, 1.807) is 4.31 Å². The van der Waals surface area contributed by atoms with Crippen molar-refractivity contribution in [2.24, 2.45) is 5.92 Å². The van der Waals surface area contributed by atoms with Gasteiger partial charge in [-0.1, -0.05) is 25.7 Å². The molecular formula is C16H29N3O3S. The van der Waals surface area contributed by atoms with Crippen molar-refractivity contribution in [3.8, 4) is 0 Å². The summed E-state index contributed by atoms with van der Waals surface area (Å²) in [4.78, 5) is 14.2. The lowest BCUT2D eigenvalue weighted by atomic mass is 10.1. The highest BCUT2D eigenvalue weighted by Crippen LogP contribution is 2.29. The average Bonchev–Trinajstić information content (AvgIpc) is 3.07. The van der Waals surface area contributed by atoms with Crippen LogP contribution in [0.5, 0.6) is 0 Å². The van der Waals surface area contributed by atoms with Gasteiger partial charge < -0.3 is 4.90 Å². The lowest BCUT2D eigenvalue weighted by Crippen LogP contribution is -2.43. The maximum absolute atomic E-state index is 12.4. The highest BCUT2D eigenvalue weighted by Gasteiger charge is 2.36. The SMILES string of the molecule is O=C1C[C@H](CNS(=O)(=O)N2CCCCCC2)CN1C1CCCC1. The molecular weight excluding hydrogens is 314 g/mol. The van der Waals surface area contributed by atoms with Gasteiger partial charge in [-0.05, 0) is 31.6 Å². The Kier molecular flexibility index (Phi) is 5.59. The molecule has 1 aliphatic carbocycles. The van der Waals surface area contributed by atoms with Crippen LogP contribution in [0.4, 0.5) is 0 Å². The van der Waals surface area contributed by atoms with Gasteiger partial charge in [0.15, 0.2) is 0 Å². The second-order valence-electron chi connectivity index (χ2n) is 7.22. The van der Waals surface area contributed by atoms with Gasteiger partial charge in [0.05, 0.1) is 0 Å². The van der Waals surface area contributed by atoms with Gasteiger partial charge in [-0.15, -0.1) is 0 Å². The molecule has 3 fully saturated rings. The fraction of sp³-hybridized carbons (Fsp3) is 0.938. The molecule has 0 aromatic heterocycles. The molecule has 2 saturated heterocycles. The number of rotatable bonds is 5. The topological polar surface area (TPSA) is 69.7 Å². The fourth-order valence-electron chi connectivity index (χ4n) is 4.11. The maximum atomic E-state index is 12.4. The van der Waals surface area contributed by atoms with Crippen molar-refractivity contribution in [2.45, 2.75) is 63.8 Å². The molecule has 0 aromatic carbocycles. The summed E-state index contributed by atoms with van der Waals surface area (Å²) in [5.41, 5.74) is 0. The third kappa shape index (κ3) is 4.25. The predicted octanol–water partition coefficient (Wildman–Crippen LogP) is 1.49. The van der Waals surface area contributed by atoms with Gasteiger partial charge >= 0.3 is 0 Å². The molecule has 0 spiro atoms. The Morgan fingerprint density at radius 1 is 1.00 bits per heavy atom. The minimum atomic E-state index is -3.39. The monoisotopic (exact) mass is 343 g/mol. The van der Waals surface area contributed by atoms with Gasteiger partial charge in [0.25, 0.3) is 10.2 Å². The molecule has 2 heterocycles. The summed E-state index contributed by atoms with van der Waals surface area (Å²) in [6.07, 6.45) is 9.23. The Balaban J connectivity index is 1.50. The largest absolute Gasteiger partial charge is 0.339 e. The summed E-state index contributed by atoms with van der Waals surface area (Å²) in [7, 11) is -3.39. The van der Waals surface area contributed by atoms with E-state index in [9.17, 15) is 13.2 Å². The van der Waals surface area contributed by atoms with Gasteiger partial charge in [-0.25, -0.2) is 4.72 Å². The zero-order chi connectivity index (χ0) is 16.3. The summed E-state index contributed by atoms with van der Waals surface area (Å²) in [6, 6.07) is 0.398. The number of carbonyl (C=O) groups excluding carboxylic acids is 1. The number of hydrogen-bond acceptors (Lipinski definition) is 3. The van der Waals surface area contributed by atoms with Crippen molar-refractivity contribution in [3.63, 3.8) is 0 Å². The summed E-state index contributed by atoms with van der Waals surface area (Å²) < 4.78 is 29.2. The Labute approximate surface area is 139 Å². The molecule has 0 bridgehead atoms. The Morgan fingerprint density at radius 3 is 2.30 bits per heavy atom. The van der Waals surface area contributed by atoms with E-state index in [2.05, 4.69) is 4.72 Å². The van der Waals surface area contributed by atoms with Crippen molar-refractivity contribution in [2.75, 3.05) is 26.2 Å². The van der Waals surface area contributed by atoms with Crippen LogP contribution in [0.3, 0.4) is 0 Å². The van der Waals surface area contributed by atoms with Crippen LogP contribution in [-0.2, 0) is 15.0 Å². The van der Waals surface area contributed by atoms with Crippen LogP contribution in [0.2, 0.25) is 0 Å². The molecule has 1 atom stereocenters. The molecule has 1 amide bonds. The van der Waals surface area contributed by atoms with Crippen molar-refractivity contribution in [1.82, 2.24) is 13.9 Å². The molecule has 2 aliphatic heterocycles. The minimum absolute atomic E-state index is 0.116. The lowest BCUT2D eigenvalue weighted by Gasteiger charge is -2.24. The van der Waals surface area contributed by atoms with Crippen LogP contribution < -0.4 is 4.72 Å². The summed E-state index contributed by atoms with van der Waals surface area (Å²) in [5, 5.41) is 0. The van der Waals surface area contributed by atoms with Crippen molar-refractivity contribution in [1.29, 1.82) is 0 Å². The normalized spacial score (nSPS) is 28.4. The van der Waals surface area contributed by atoms with Crippen molar-refractivity contribution < 1.29 is 13.2 Å². The second-order valence-corrected chi connectivity index (χ2v) is 8.98. The highest BCUT2D eigenvalue weighted by molar-refractivity contribution is 7.87. The summed E-state index contributed by atoms with van der Waals surface area (Å²) in [6.45, 7) is 2.33. The molecule has 7 heteroatoms. The summed E-state index contributed by atoms with van der Waals surface area (Å²) >= 11 is 0. The lowest BCUT2D eigenvalue weighted by molar-refractivity contribution is -0.129. The quantitative estimate of drug-likeness (QED) is 0.822. The second kappa shape index (κ2) is 7.49. The first-order chi connectivity index (χ1) is 11.1. The molecule has 3 rings (SSSR count). The van der Waals surface area contributed by atoms with E-state index in [1.807, 2.05) is 4.90 Å².